The quantitative estimate of drug-likeness (QED) is 0.392. The second-order valence-electron chi connectivity index (χ2n) is 7.87. The van der Waals surface area contributed by atoms with E-state index in [1.165, 1.54) is 6.07 Å². The maximum Gasteiger partial charge on any atom is 0.341 e. The first kappa shape index (κ1) is 23.8. The van der Waals surface area contributed by atoms with Gasteiger partial charge in [0, 0.05) is 18.7 Å². The molecule has 0 fully saturated rings. The lowest BCUT2D eigenvalue weighted by molar-refractivity contribution is -0.139. The summed E-state index contributed by atoms with van der Waals surface area (Å²) in [6, 6.07) is 16.4. The number of carbonyl (C=O) groups is 2. The van der Waals surface area contributed by atoms with Crippen LogP contribution in [0.1, 0.15) is 28.7 Å². The van der Waals surface area contributed by atoms with Gasteiger partial charge in [-0.3, -0.25) is 4.79 Å². The van der Waals surface area contributed by atoms with Crippen molar-refractivity contribution in [3.63, 3.8) is 0 Å². The average Bonchev–Trinajstić information content (AvgIpc) is 2.75. The Morgan fingerprint density at radius 3 is 2.33 bits per heavy atom. The molecule has 0 spiro atoms. The fourth-order valence-corrected chi connectivity index (χ4v) is 3.75. The minimum absolute atomic E-state index is 0.109. The smallest absolute Gasteiger partial charge is 0.341 e. The predicted molar refractivity (Wildman–Crippen MR) is 124 cm³/mol. The fourth-order valence-electron chi connectivity index (χ4n) is 3.75. The van der Waals surface area contributed by atoms with Crippen LogP contribution in [0.25, 0.3) is 11.1 Å². The molecule has 172 valence electrons. The van der Waals surface area contributed by atoms with Crippen LogP contribution in [0.4, 0.5) is 10.1 Å². The average molecular weight is 451 g/mol. The molecule has 0 aromatic heterocycles. The summed E-state index contributed by atoms with van der Waals surface area (Å²) in [6.45, 7) is 4.01. The zero-order valence-corrected chi connectivity index (χ0v) is 18.5. The Morgan fingerprint density at radius 1 is 0.970 bits per heavy atom. The van der Waals surface area contributed by atoms with E-state index in [1.807, 2.05) is 44.2 Å². The van der Waals surface area contributed by atoms with Gasteiger partial charge in [0.05, 0.1) is 0 Å². The molecule has 0 aliphatic carbocycles. The summed E-state index contributed by atoms with van der Waals surface area (Å²) in [5, 5.41) is 20.8. The molecule has 0 aliphatic heterocycles. The van der Waals surface area contributed by atoms with Gasteiger partial charge in [0.15, 0.2) is 6.61 Å². The zero-order chi connectivity index (χ0) is 24.0. The third-order valence-corrected chi connectivity index (χ3v) is 5.24. The molecule has 0 atom stereocenters. The van der Waals surface area contributed by atoms with Gasteiger partial charge in [-0.1, -0.05) is 24.3 Å². The number of hydrogen-bond acceptors (Lipinski definition) is 4. The van der Waals surface area contributed by atoms with Crippen molar-refractivity contribution in [2.45, 2.75) is 33.2 Å². The second kappa shape index (κ2) is 10.6. The van der Waals surface area contributed by atoms with Gasteiger partial charge < -0.3 is 20.3 Å². The molecule has 0 aliphatic rings. The SMILES string of the molecule is Cc1cc(OCC(=O)O)cc(C)c1-c1cccc(CNc2ccc(CCC(=O)O)c(F)c2)c1. The van der Waals surface area contributed by atoms with E-state index < -0.39 is 17.8 Å². The van der Waals surface area contributed by atoms with Gasteiger partial charge >= 0.3 is 11.9 Å². The molecule has 0 amide bonds. The monoisotopic (exact) mass is 451 g/mol. The van der Waals surface area contributed by atoms with Crippen LogP contribution in [0, 0.1) is 19.7 Å². The summed E-state index contributed by atoms with van der Waals surface area (Å²) in [5.74, 6) is -1.89. The predicted octanol–water partition coefficient (Wildman–Crippen LogP) is 5.20. The third kappa shape index (κ3) is 6.55. The van der Waals surface area contributed by atoms with Crippen molar-refractivity contribution in [2.24, 2.45) is 0 Å². The minimum atomic E-state index is -1.02. The van der Waals surface area contributed by atoms with E-state index in [-0.39, 0.29) is 19.4 Å². The Balaban J connectivity index is 1.72. The van der Waals surface area contributed by atoms with Crippen LogP contribution < -0.4 is 10.1 Å². The maximum absolute atomic E-state index is 14.3. The molecule has 3 aromatic rings. The lowest BCUT2D eigenvalue weighted by Crippen LogP contribution is -2.09. The Bertz CT molecular complexity index is 1150. The van der Waals surface area contributed by atoms with Crippen LogP contribution in [0.5, 0.6) is 5.75 Å². The van der Waals surface area contributed by atoms with E-state index in [4.69, 9.17) is 14.9 Å². The van der Waals surface area contributed by atoms with Crippen LogP contribution in [0.15, 0.2) is 54.6 Å². The highest BCUT2D eigenvalue weighted by atomic mass is 19.1. The van der Waals surface area contributed by atoms with E-state index in [0.717, 1.165) is 27.8 Å². The number of nitrogens with one attached hydrogen (secondary N) is 1. The maximum atomic E-state index is 14.3. The van der Waals surface area contributed by atoms with Gasteiger partial charge in [-0.05, 0) is 84.0 Å². The van der Waals surface area contributed by atoms with Crippen LogP contribution in [-0.4, -0.2) is 28.8 Å². The van der Waals surface area contributed by atoms with Crippen LogP contribution >= 0.6 is 0 Å². The summed E-state index contributed by atoms with van der Waals surface area (Å²) >= 11 is 0. The molecular formula is C26H26FNO5. The van der Waals surface area contributed by atoms with E-state index in [1.54, 1.807) is 12.1 Å². The van der Waals surface area contributed by atoms with E-state index in [0.29, 0.717) is 23.5 Å². The molecule has 0 bridgehead atoms. The first-order valence-corrected chi connectivity index (χ1v) is 10.5. The van der Waals surface area contributed by atoms with Gasteiger partial charge in [0.2, 0.25) is 0 Å². The van der Waals surface area contributed by atoms with Gasteiger partial charge in [-0.25, -0.2) is 9.18 Å². The number of benzene rings is 3. The van der Waals surface area contributed by atoms with Crippen molar-refractivity contribution >= 4 is 17.6 Å². The summed E-state index contributed by atoms with van der Waals surface area (Å²) in [4.78, 5) is 21.4. The standard InChI is InChI=1S/C26H26FNO5/c1-16-10-22(33-15-25(31)32)11-17(2)26(16)20-5-3-4-18(12-20)14-28-21-8-6-19(23(27)13-21)7-9-24(29)30/h3-6,8,10-13,28H,7,9,14-15H2,1-2H3,(H,29,30)(H,31,32). The molecule has 6 nitrogen and oxygen atoms in total. The van der Waals surface area contributed by atoms with Crippen LogP contribution in [0.3, 0.4) is 0 Å². The van der Waals surface area contributed by atoms with Crippen molar-refractivity contribution < 1.29 is 28.9 Å². The molecule has 0 saturated carbocycles. The molecule has 3 aromatic carbocycles. The van der Waals surface area contributed by atoms with Crippen LogP contribution in [0.2, 0.25) is 0 Å². The molecule has 33 heavy (non-hydrogen) atoms. The highest BCUT2D eigenvalue weighted by molar-refractivity contribution is 5.73. The molecule has 3 N–H and O–H groups in total. The first-order chi connectivity index (χ1) is 15.7. The van der Waals surface area contributed by atoms with Crippen molar-refractivity contribution in [3.05, 3.63) is 82.7 Å². The summed E-state index contributed by atoms with van der Waals surface area (Å²) in [7, 11) is 0. The minimum Gasteiger partial charge on any atom is -0.482 e. The molecule has 0 unspecified atom stereocenters. The Morgan fingerprint density at radius 2 is 1.70 bits per heavy atom. The van der Waals surface area contributed by atoms with E-state index in [9.17, 15) is 14.0 Å². The second-order valence-corrected chi connectivity index (χ2v) is 7.87. The van der Waals surface area contributed by atoms with E-state index >= 15 is 0 Å². The highest BCUT2D eigenvalue weighted by Gasteiger charge is 2.11. The highest BCUT2D eigenvalue weighted by Crippen LogP contribution is 2.31. The number of hydrogen-bond donors (Lipinski definition) is 3. The van der Waals surface area contributed by atoms with Gasteiger partial charge in [-0.15, -0.1) is 0 Å². The van der Waals surface area contributed by atoms with Crippen molar-refractivity contribution in [2.75, 3.05) is 11.9 Å². The number of carboxylic acids is 2. The van der Waals surface area contributed by atoms with Gasteiger partial charge in [-0.2, -0.15) is 0 Å². The molecule has 3 rings (SSSR count). The van der Waals surface area contributed by atoms with Crippen molar-refractivity contribution in [3.8, 4) is 16.9 Å². The first-order valence-electron chi connectivity index (χ1n) is 10.5. The molecule has 0 heterocycles. The Kier molecular flexibility index (Phi) is 7.66. The number of rotatable bonds is 10. The largest absolute Gasteiger partial charge is 0.482 e. The fraction of sp³-hybridized carbons (Fsp3) is 0.231. The number of halogens is 1. The zero-order valence-electron chi connectivity index (χ0n) is 18.5. The number of carboxylic acid groups (broad SMARTS) is 2. The summed E-state index contributed by atoms with van der Waals surface area (Å²) in [6.07, 6.45) is 0.0459. The molecular weight excluding hydrogens is 425 g/mol. The lowest BCUT2D eigenvalue weighted by Gasteiger charge is -2.15. The third-order valence-electron chi connectivity index (χ3n) is 5.24. The van der Waals surface area contributed by atoms with Gasteiger partial charge in [0.1, 0.15) is 11.6 Å². The Hall–Kier alpha value is -3.87. The lowest BCUT2D eigenvalue weighted by atomic mass is 9.94. The van der Waals surface area contributed by atoms with Crippen molar-refractivity contribution in [1.82, 2.24) is 0 Å². The summed E-state index contributed by atoms with van der Waals surface area (Å²) in [5.41, 5.74) is 6.01. The number of anilines is 1. The Labute approximate surface area is 191 Å². The topological polar surface area (TPSA) is 95.9 Å². The van der Waals surface area contributed by atoms with Gasteiger partial charge in [0.25, 0.3) is 0 Å². The molecule has 7 heteroatoms. The molecule has 0 radical (unpaired) electrons. The number of aliphatic carboxylic acids is 2. The van der Waals surface area contributed by atoms with E-state index in [2.05, 4.69) is 11.4 Å². The molecule has 0 saturated heterocycles. The number of aryl methyl sites for hydroxylation is 3. The summed E-state index contributed by atoms with van der Waals surface area (Å²) < 4.78 is 19.6. The van der Waals surface area contributed by atoms with Crippen LogP contribution in [-0.2, 0) is 22.6 Å². The number of ether oxygens (including phenoxy) is 1. The van der Waals surface area contributed by atoms with Crippen molar-refractivity contribution in [1.29, 1.82) is 0 Å². The normalized spacial score (nSPS) is 10.6.